The summed E-state index contributed by atoms with van der Waals surface area (Å²) in [6.45, 7) is 6.89. The van der Waals surface area contributed by atoms with Gasteiger partial charge in [-0.1, -0.05) is 19.3 Å². The Kier molecular flexibility index (Phi) is 8.31. The van der Waals surface area contributed by atoms with Crippen LogP contribution < -0.4 is 0 Å². The molecular weight excluding hydrogens is 458 g/mol. The average molecular weight is 496 g/mol. The number of hydrogen-bond acceptors (Lipinski definition) is 7. The molecule has 9 nitrogen and oxygen atoms in total. The van der Waals surface area contributed by atoms with E-state index >= 15 is 0 Å². The molecule has 0 aromatic carbocycles. The maximum Gasteiger partial charge on any atom is 0.374 e. The molecule has 1 aromatic rings. The summed E-state index contributed by atoms with van der Waals surface area (Å²) >= 11 is 0. The van der Waals surface area contributed by atoms with E-state index in [0.29, 0.717) is 12.8 Å². The molecule has 2 saturated heterocycles. The molecule has 0 atom stereocenters. The lowest BCUT2D eigenvalue weighted by Gasteiger charge is -2.39. The van der Waals surface area contributed by atoms with E-state index in [4.69, 9.17) is 9.15 Å². The predicted molar refractivity (Wildman–Crippen MR) is 126 cm³/mol. The van der Waals surface area contributed by atoms with Crippen LogP contribution in [0.25, 0.3) is 0 Å². The van der Waals surface area contributed by atoms with Gasteiger partial charge in [0, 0.05) is 51.7 Å². The summed E-state index contributed by atoms with van der Waals surface area (Å²) < 4.78 is 37.3. The molecule has 0 bridgehead atoms. The van der Waals surface area contributed by atoms with Crippen LogP contribution in [-0.4, -0.2) is 86.8 Å². The van der Waals surface area contributed by atoms with E-state index < -0.39 is 16.0 Å². The van der Waals surface area contributed by atoms with E-state index in [1.54, 1.807) is 6.92 Å². The molecule has 10 heteroatoms. The monoisotopic (exact) mass is 495 g/mol. The van der Waals surface area contributed by atoms with Crippen LogP contribution in [0.3, 0.4) is 0 Å². The van der Waals surface area contributed by atoms with Crippen LogP contribution in [-0.2, 0) is 19.6 Å². The van der Waals surface area contributed by atoms with Gasteiger partial charge in [-0.2, -0.15) is 4.31 Å². The van der Waals surface area contributed by atoms with E-state index in [2.05, 4.69) is 4.90 Å². The van der Waals surface area contributed by atoms with Crippen LogP contribution in [0.15, 0.2) is 21.6 Å². The fourth-order valence-corrected chi connectivity index (χ4v) is 6.77. The van der Waals surface area contributed by atoms with Gasteiger partial charge in [0.2, 0.25) is 16.8 Å². The van der Waals surface area contributed by atoms with Crippen LogP contribution >= 0.6 is 0 Å². The minimum Gasteiger partial charge on any atom is -0.460 e. The maximum atomic E-state index is 13.1. The van der Waals surface area contributed by atoms with Gasteiger partial charge in [0.1, 0.15) is 0 Å². The van der Waals surface area contributed by atoms with Crippen molar-refractivity contribution in [2.24, 2.45) is 11.8 Å². The summed E-state index contributed by atoms with van der Waals surface area (Å²) in [5, 5.41) is -0.269. The summed E-state index contributed by atoms with van der Waals surface area (Å²) in [5.41, 5.74) is 0. The highest BCUT2D eigenvalue weighted by atomic mass is 32.2. The number of carbonyl (C=O) groups is 2. The topological polar surface area (TPSA) is 100 Å². The van der Waals surface area contributed by atoms with Crippen molar-refractivity contribution in [1.82, 2.24) is 14.1 Å². The lowest BCUT2D eigenvalue weighted by molar-refractivity contribution is -0.138. The first kappa shape index (κ1) is 25.2. The Morgan fingerprint density at radius 2 is 1.65 bits per heavy atom. The summed E-state index contributed by atoms with van der Waals surface area (Å²) in [7, 11) is -3.86. The van der Waals surface area contributed by atoms with Crippen LogP contribution in [0.5, 0.6) is 0 Å². The molecule has 1 aliphatic carbocycles. The first-order chi connectivity index (χ1) is 16.4. The van der Waals surface area contributed by atoms with Crippen molar-refractivity contribution in [2.75, 3.05) is 52.4 Å². The third kappa shape index (κ3) is 5.83. The van der Waals surface area contributed by atoms with Crippen molar-refractivity contribution in [2.45, 2.75) is 57.0 Å². The summed E-state index contributed by atoms with van der Waals surface area (Å²) in [4.78, 5) is 29.3. The number of ether oxygens (including phenoxy) is 1. The first-order valence-corrected chi connectivity index (χ1v) is 14.1. The number of furan rings is 1. The van der Waals surface area contributed by atoms with Crippen LogP contribution in [0.1, 0.15) is 62.4 Å². The molecule has 3 heterocycles. The molecular formula is C24H37N3O6S. The number of sulfonamides is 1. The average Bonchev–Trinajstić information content (AvgIpc) is 3.37. The van der Waals surface area contributed by atoms with Crippen LogP contribution in [0.2, 0.25) is 0 Å². The molecule has 3 fully saturated rings. The molecule has 1 amide bonds. The van der Waals surface area contributed by atoms with Crippen LogP contribution in [0.4, 0.5) is 0 Å². The largest absolute Gasteiger partial charge is 0.460 e. The van der Waals surface area contributed by atoms with Gasteiger partial charge in [-0.05, 0) is 50.7 Å². The summed E-state index contributed by atoms with van der Waals surface area (Å²) in [6.07, 6.45) is 7.73. The highest BCUT2D eigenvalue weighted by Crippen LogP contribution is 2.28. The van der Waals surface area contributed by atoms with E-state index in [1.807, 2.05) is 4.90 Å². The Hall–Kier alpha value is -1.91. The molecule has 2 aliphatic heterocycles. The normalized spacial score (nSPS) is 22.1. The van der Waals surface area contributed by atoms with Crippen molar-refractivity contribution in [3.05, 3.63) is 17.9 Å². The minimum absolute atomic E-state index is 0.131. The van der Waals surface area contributed by atoms with Gasteiger partial charge in [-0.25, -0.2) is 13.2 Å². The molecule has 34 heavy (non-hydrogen) atoms. The number of rotatable bonds is 7. The predicted octanol–water partition coefficient (Wildman–Crippen LogP) is 2.58. The zero-order chi connectivity index (χ0) is 24.1. The molecule has 1 saturated carbocycles. The number of amides is 1. The van der Waals surface area contributed by atoms with Crippen molar-refractivity contribution in [1.29, 1.82) is 0 Å². The number of esters is 1. The van der Waals surface area contributed by atoms with Gasteiger partial charge in [0.15, 0.2) is 0 Å². The number of nitrogens with zero attached hydrogens (tertiary/aromatic N) is 3. The molecule has 0 unspecified atom stereocenters. The first-order valence-electron chi connectivity index (χ1n) is 12.7. The van der Waals surface area contributed by atoms with Gasteiger partial charge in [-0.3, -0.25) is 9.69 Å². The van der Waals surface area contributed by atoms with Gasteiger partial charge in [0.25, 0.3) is 10.0 Å². The van der Waals surface area contributed by atoms with Gasteiger partial charge < -0.3 is 14.1 Å². The Bertz CT molecular complexity index is 940. The Balaban J connectivity index is 1.25. The second kappa shape index (κ2) is 11.2. The van der Waals surface area contributed by atoms with Gasteiger partial charge in [0.05, 0.1) is 6.61 Å². The SMILES string of the molecule is CCOC(=O)c1ccc(S(=O)(=O)N2CCC(C(=O)N3CCN(CC4CCCCC4)CC3)CC2)o1. The Morgan fingerprint density at radius 1 is 0.971 bits per heavy atom. The standard InChI is InChI=1S/C24H37N3O6S/c1-2-32-24(29)21-8-9-22(33-21)34(30,31)27-12-10-20(11-13-27)23(28)26-16-14-25(15-17-26)18-19-6-4-3-5-7-19/h8-9,19-20H,2-7,10-18H2,1H3. The van der Waals surface area contributed by atoms with E-state index in [1.165, 1.54) is 48.5 Å². The molecule has 0 radical (unpaired) electrons. The minimum atomic E-state index is -3.86. The molecule has 190 valence electrons. The summed E-state index contributed by atoms with van der Waals surface area (Å²) in [5.74, 6) is -0.00924. The molecule has 0 spiro atoms. The quantitative estimate of drug-likeness (QED) is 0.536. The highest BCUT2D eigenvalue weighted by Gasteiger charge is 2.36. The zero-order valence-corrected chi connectivity index (χ0v) is 20.9. The second-order valence-corrected chi connectivity index (χ2v) is 11.5. The van der Waals surface area contributed by atoms with Crippen molar-refractivity contribution >= 4 is 21.9 Å². The third-order valence-electron chi connectivity index (χ3n) is 7.38. The van der Waals surface area contributed by atoms with E-state index in [-0.39, 0.29) is 42.4 Å². The lowest BCUT2D eigenvalue weighted by Crippen LogP contribution is -2.52. The molecule has 3 aliphatic rings. The molecule has 4 rings (SSSR count). The van der Waals surface area contributed by atoms with Crippen LogP contribution in [0, 0.1) is 11.8 Å². The highest BCUT2D eigenvalue weighted by molar-refractivity contribution is 7.89. The third-order valence-corrected chi connectivity index (χ3v) is 9.15. The van der Waals surface area contributed by atoms with Gasteiger partial charge in [-0.15, -0.1) is 0 Å². The number of piperazine rings is 1. The van der Waals surface area contributed by atoms with Gasteiger partial charge >= 0.3 is 5.97 Å². The fraction of sp³-hybridized carbons (Fsp3) is 0.750. The molecule has 1 aromatic heterocycles. The van der Waals surface area contributed by atoms with Crippen molar-refractivity contribution in [3.63, 3.8) is 0 Å². The Labute approximate surface area is 202 Å². The maximum absolute atomic E-state index is 13.1. The smallest absolute Gasteiger partial charge is 0.374 e. The van der Waals surface area contributed by atoms with E-state index in [0.717, 1.165) is 38.6 Å². The fourth-order valence-electron chi connectivity index (χ4n) is 5.38. The Morgan fingerprint density at radius 3 is 2.29 bits per heavy atom. The summed E-state index contributed by atoms with van der Waals surface area (Å²) in [6, 6.07) is 2.60. The zero-order valence-electron chi connectivity index (χ0n) is 20.1. The number of carbonyl (C=O) groups excluding carboxylic acids is 2. The van der Waals surface area contributed by atoms with Crippen molar-refractivity contribution in [3.8, 4) is 0 Å². The van der Waals surface area contributed by atoms with E-state index in [9.17, 15) is 18.0 Å². The number of hydrogen-bond donors (Lipinski definition) is 0. The van der Waals surface area contributed by atoms with Crippen molar-refractivity contribution < 1.29 is 27.2 Å². The molecule has 0 N–H and O–H groups in total. The second-order valence-electron chi connectivity index (χ2n) is 9.65. The number of piperidine rings is 1. The lowest BCUT2D eigenvalue weighted by atomic mass is 9.89.